The quantitative estimate of drug-likeness (QED) is 0.639. The van der Waals surface area contributed by atoms with Crippen molar-refractivity contribution in [3.05, 3.63) is 0 Å². The van der Waals surface area contributed by atoms with Gasteiger partial charge in [-0.15, -0.1) is 0 Å². The van der Waals surface area contributed by atoms with Gasteiger partial charge < -0.3 is 4.90 Å². The van der Waals surface area contributed by atoms with Crippen molar-refractivity contribution >= 4 is 15.7 Å². The van der Waals surface area contributed by atoms with Crippen LogP contribution in [0.3, 0.4) is 0 Å². The minimum Gasteiger partial charge on any atom is -0.341 e. The molecule has 0 unspecified atom stereocenters. The van der Waals surface area contributed by atoms with Gasteiger partial charge in [-0.05, 0) is 6.92 Å². The van der Waals surface area contributed by atoms with Crippen LogP contribution >= 0.6 is 0 Å². The summed E-state index contributed by atoms with van der Waals surface area (Å²) in [5, 5.41) is 8.32. The molecule has 0 aliphatic carbocycles. The van der Waals surface area contributed by atoms with E-state index in [1.807, 2.05) is 6.07 Å². The topological polar surface area (TPSA) is 78.2 Å². The number of nitriles is 1. The summed E-state index contributed by atoms with van der Waals surface area (Å²) in [5.41, 5.74) is 0. The van der Waals surface area contributed by atoms with Crippen LogP contribution in [0.5, 0.6) is 0 Å². The van der Waals surface area contributed by atoms with Crippen LogP contribution in [-0.2, 0) is 14.6 Å². The molecule has 0 aliphatic rings. The second kappa shape index (κ2) is 5.60. The smallest absolute Gasteiger partial charge is 0.237 e. The molecule has 0 atom stereocenters. The van der Waals surface area contributed by atoms with E-state index in [9.17, 15) is 13.2 Å². The number of sulfone groups is 1. The molecule has 1 amide bonds. The van der Waals surface area contributed by atoms with E-state index in [1.165, 1.54) is 4.90 Å². The van der Waals surface area contributed by atoms with Crippen LogP contribution in [0.4, 0.5) is 0 Å². The van der Waals surface area contributed by atoms with Crippen molar-refractivity contribution in [2.24, 2.45) is 0 Å². The van der Waals surface area contributed by atoms with Crippen molar-refractivity contribution in [2.45, 2.75) is 13.3 Å². The zero-order valence-corrected chi connectivity index (χ0v) is 9.17. The monoisotopic (exact) mass is 218 g/mol. The summed E-state index contributed by atoms with van der Waals surface area (Å²) >= 11 is 0. The Balaban J connectivity index is 4.27. The van der Waals surface area contributed by atoms with Crippen molar-refractivity contribution in [2.75, 3.05) is 25.1 Å². The number of amides is 1. The third-order valence-corrected chi connectivity index (χ3v) is 2.38. The molecule has 0 spiro atoms. The summed E-state index contributed by atoms with van der Waals surface area (Å²) in [5.74, 6) is -0.919. The summed E-state index contributed by atoms with van der Waals surface area (Å²) < 4.78 is 21.6. The summed E-state index contributed by atoms with van der Waals surface area (Å²) in [4.78, 5) is 12.7. The largest absolute Gasteiger partial charge is 0.341 e. The summed E-state index contributed by atoms with van der Waals surface area (Å²) in [6.07, 6.45) is 1.24. The Hall–Kier alpha value is -1.09. The van der Waals surface area contributed by atoms with E-state index in [4.69, 9.17) is 5.26 Å². The van der Waals surface area contributed by atoms with Gasteiger partial charge in [0.05, 0.1) is 12.5 Å². The minimum atomic E-state index is -3.28. The van der Waals surface area contributed by atoms with Crippen LogP contribution in [0.15, 0.2) is 0 Å². The van der Waals surface area contributed by atoms with Crippen LogP contribution in [-0.4, -0.2) is 44.3 Å². The Morgan fingerprint density at radius 1 is 1.50 bits per heavy atom. The van der Waals surface area contributed by atoms with Crippen LogP contribution in [0.1, 0.15) is 13.3 Å². The first kappa shape index (κ1) is 12.9. The normalized spacial score (nSPS) is 10.6. The second-order valence-corrected chi connectivity index (χ2v) is 5.09. The lowest BCUT2D eigenvalue weighted by molar-refractivity contribution is -0.128. The predicted molar refractivity (Wildman–Crippen MR) is 52.2 cm³/mol. The molecule has 14 heavy (non-hydrogen) atoms. The van der Waals surface area contributed by atoms with Crippen molar-refractivity contribution < 1.29 is 13.2 Å². The van der Waals surface area contributed by atoms with Gasteiger partial charge in [0.25, 0.3) is 0 Å². The summed E-state index contributed by atoms with van der Waals surface area (Å²) in [7, 11) is -3.28. The summed E-state index contributed by atoms with van der Waals surface area (Å²) in [6, 6.07) is 1.91. The molecule has 0 aromatic heterocycles. The average molecular weight is 218 g/mol. The molecule has 6 heteroatoms. The molecule has 0 aromatic carbocycles. The standard InChI is InChI=1S/C8H14N2O3S/c1-3-10(6-4-5-9)8(11)7-14(2,12)13/h3-4,6-7H2,1-2H3. The Morgan fingerprint density at radius 2 is 2.07 bits per heavy atom. The lowest BCUT2D eigenvalue weighted by atomic mass is 10.4. The van der Waals surface area contributed by atoms with Gasteiger partial charge in [0.2, 0.25) is 5.91 Å². The number of hydrogen-bond donors (Lipinski definition) is 0. The number of carbonyl (C=O) groups is 1. The first-order valence-electron chi connectivity index (χ1n) is 4.23. The van der Waals surface area contributed by atoms with Gasteiger partial charge in [0.1, 0.15) is 5.75 Å². The SMILES string of the molecule is CCN(CCC#N)C(=O)CS(C)(=O)=O. The van der Waals surface area contributed by atoms with E-state index < -0.39 is 21.5 Å². The lowest BCUT2D eigenvalue weighted by Gasteiger charge is -2.18. The van der Waals surface area contributed by atoms with Crippen molar-refractivity contribution in [1.29, 1.82) is 5.26 Å². The third kappa shape index (κ3) is 5.54. The van der Waals surface area contributed by atoms with Gasteiger partial charge in [-0.1, -0.05) is 0 Å². The van der Waals surface area contributed by atoms with Gasteiger partial charge in [-0.3, -0.25) is 4.79 Å². The highest BCUT2D eigenvalue weighted by atomic mass is 32.2. The zero-order chi connectivity index (χ0) is 11.2. The summed E-state index contributed by atoms with van der Waals surface area (Å²) in [6.45, 7) is 2.47. The first-order chi connectivity index (χ1) is 6.40. The molecular formula is C8H14N2O3S. The van der Waals surface area contributed by atoms with Crippen LogP contribution in [0.25, 0.3) is 0 Å². The number of nitrogens with zero attached hydrogens (tertiary/aromatic N) is 2. The van der Waals surface area contributed by atoms with Gasteiger partial charge in [0.15, 0.2) is 9.84 Å². The fourth-order valence-electron chi connectivity index (χ4n) is 0.960. The highest BCUT2D eigenvalue weighted by molar-refractivity contribution is 7.91. The molecule has 0 bridgehead atoms. The van der Waals surface area contributed by atoms with E-state index in [-0.39, 0.29) is 6.42 Å². The molecule has 0 heterocycles. The maximum atomic E-state index is 11.3. The van der Waals surface area contributed by atoms with Crippen molar-refractivity contribution in [3.63, 3.8) is 0 Å². The number of rotatable bonds is 5. The van der Waals surface area contributed by atoms with E-state index in [0.29, 0.717) is 13.1 Å². The maximum absolute atomic E-state index is 11.3. The average Bonchev–Trinajstić information content (AvgIpc) is 2.02. The van der Waals surface area contributed by atoms with E-state index >= 15 is 0 Å². The van der Waals surface area contributed by atoms with E-state index in [1.54, 1.807) is 6.92 Å². The lowest BCUT2D eigenvalue weighted by Crippen LogP contribution is -2.35. The second-order valence-electron chi connectivity index (χ2n) is 2.95. The predicted octanol–water partition coefficient (Wildman–Crippen LogP) is -0.207. The Kier molecular flexibility index (Phi) is 5.16. The molecule has 5 nitrogen and oxygen atoms in total. The van der Waals surface area contributed by atoms with Gasteiger partial charge in [0, 0.05) is 19.3 Å². The molecule has 0 radical (unpaired) electrons. The van der Waals surface area contributed by atoms with Crippen LogP contribution in [0, 0.1) is 11.3 Å². The molecule has 0 aliphatic heterocycles. The first-order valence-corrected chi connectivity index (χ1v) is 6.29. The van der Waals surface area contributed by atoms with Gasteiger partial charge >= 0.3 is 0 Å². The molecule has 0 N–H and O–H groups in total. The molecule has 0 fully saturated rings. The highest BCUT2D eigenvalue weighted by Crippen LogP contribution is 1.95. The minimum absolute atomic E-state index is 0.226. The fraction of sp³-hybridized carbons (Fsp3) is 0.750. The van der Waals surface area contributed by atoms with Crippen molar-refractivity contribution in [1.82, 2.24) is 4.90 Å². The number of hydrogen-bond acceptors (Lipinski definition) is 4. The number of carbonyl (C=O) groups excluding carboxylic acids is 1. The molecule has 0 rings (SSSR count). The molecule has 0 saturated heterocycles. The van der Waals surface area contributed by atoms with Crippen LogP contribution in [0.2, 0.25) is 0 Å². The van der Waals surface area contributed by atoms with Crippen molar-refractivity contribution in [3.8, 4) is 6.07 Å². The molecule has 80 valence electrons. The molecule has 0 saturated carbocycles. The fourth-order valence-corrected chi connectivity index (χ4v) is 1.59. The molecular weight excluding hydrogens is 204 g/mol. The maximum Gasteiger partial charge on any atom is 0.237 e. The third-order valence-electron chi connectivity index (χ3n) is 1.61. The van der Waals surface area contributed by atoms with E-state index in [0.717, 1.165) is 6.26 Å². The Labute approximate surface area is 84.2 Å². The molecule has 0 aromatic rings. The highest BCUT2D eigenvalue weighted by Gasteiger charge is 2.16. The Bertz CT molecular complexity index is 329. The van der Waals surface area contributed by atoms with Gasteiger partial charge in [-0.2, -0.15) is 5.26 Å². The van der Waals surface area contributed by atoms with Crippen LogP contribution < -0.4 is 0 Å². The van der Waals surface area contributed by atoms with Gasteiger partial charge in [-0.25, -0.2) is 8.42 Å². The zero-order valence-electron chi connectivity index (χ0n) is 8.36. The van der Waals surface area contributed by atoms with E-state index in [2.05, 4.69) is 0 Å². The Morgan fingerprint density at radius 3 is 2.43 bits per heavy atom.